The molecule has 1 saturated heterocycles. The van der Waals surface area contributed by atoms with Gasteiger partial charge in [-0.1, -0.05) is 36.4 Å². The van der Waals surface area contributed by atoms with Crippen molar-refractivity contribution in [2.24, 2.45) is 0 Å². The predicted octanol–water partition coefficient (Wildman–Crippen LogP) is 4.05. The first-order valence-corrected chi connectivity index (χ1v) is 9.50. The van der Waals surface area contributed by atoms with Crippen LogP contribution in [0, 0.1) is 11.6 Å². The molecule has 1 fully saturated rings. The zero-order chi connectivity index (χ0) is 18.8. The zero-order valence-corrected chi connectivity index (χ0v) is 15.3. The van der Waals surface area contributed by atoms with E-state index in [1.807, 2.05) is 35.7 Å². The second kappa shape index (κ2) is 7.44. The van der Waals surface area contributed by atoms with E-state index in [0.717, 1.165) is 28.5 Å². The first-order chi connectivity index (χ1) is 13.1. The lowest BCUT2D eigenvalue weighted by atomic mass is 10.1. The number of carbonyl (C=O) groups is 1. The molecule has 0 aliphatic carbocycles. The molecule has 0 unspecified atom stereocenters. The highest BCUT2D eigenvalue weighted by Crippen LogP contribution is 2.28. The van der Waals surface area contributed by atoms with E-state index in [9.17, 15) is 13.6 Å². The summed E-state index contributed by atoms with van der Waals surface area (Å²) >= 11 is 1.55. The Labute approximate surface area is 159 Å². The van der Waals surface area contributed by atoms with Crippen LogP contribution in [-0.4, -0.2) is 42.0 Å². The molecule has 0 saturated carbocycles. The minimum atomic E-state index is -0.824. The van der Waals surface area contributed by atoms with Crippen molar-refractivity contribution in [2.45, 2.75) is 0 Å². The van der Waals surface area contributed by atoms with Crippen molar-refractivity contribution in [1.82, 2.24) is 9.88 Å². The number of piperazine rings is 1. The zero-order valence-electron chi connectivity index (χ0n) is 14.4. The van der Waals surface area contributed by atoms with Gasteiger partial charge >= 0.3 is 0 Å². The lowest BCUT2D eigenvalue weighted by Gasteiger charge is -2.34. The number of benzene rings is 2. The smallest absolute Gasteiger partial charge is 0.259 e. The monoisotopic (exact) mass is 385 g/mol. The van der Waals surface area contributed by atoms with Crippen molar-refractivity contribution >= 4 is 22.4 Å². The standard InChI is InChI=1S/C20H17F2N3OS/c21-15-7-4-8-16(22)18(15)19(26)24-9-11-25(12-10-24)20-23-17(13-27-20)14-5-2-1-3-6-14/h1-8,13H,9-12H2. The van der Waals surface area contributed by atoms with Gasteiger partial charge in [-0.25, -0.2) is 13.8 Å². The highest BCUT2D eigenvalue weighted by molar-refractivity contribution is 7.14. The maximum absolute atomic E-state index is 13.9. The van der Waals surface area contributed by atoms with Crippen molar-refractivity contribution in [1.29, 1.82) is 0 Å². The quantitative estimate of drug-likeness (QED) is 0.683. The Morgan fingerprint density at radius 3 is 2.26 bits per heavy atom. The van der Waals surface area contributed by atoms with Gasteiger partial charge in [-0.05, 0) is 12.1 Å². The van der Waals surface area contributed by atoms with Gasteiger partial charge in [-0.2, -0.15) is 0 Å². The van der Waals surface area contributed by atoms with E-state index in [-0.39, 0.29) is 0 Å². The van der Waals surface area contributed by atoms with Crippen molar-refractivity contribution in [3.8, 4) is 11.3 Å². The number of hydrogen-bond donors (Lipinski definition) is 0. The molecule has 0 spiro atoms. The number of thiazole rings is 1. The molecule has 3 aromatic rings. The minimum absolute atomic E-state index is 0.396. The number of anilines is 1. The molecular formula is C20H17F2N3OS. The normalized spacial score (nSPS) is 14.4. The highest BCUT2D eigenvalue weighted by atomic mass is 32.1. The minimum Gasteiger partial charge on any atom is -0.345 e. The Morgan fingerprint density at radius 2 is 1.59 bits per heavy atom. The number of amides is 1. The van der Waals surface area contributed by atoms with E-state index >= 15 is 0 Å². The Hall–Kier alpha value is -2.80. The van der Waals surface area contributed by atoms with E-state index in [1.165, 1.54) is 11.0 Å². The molecule has 138 valence electrons. The van der Waals surface area contributed by atoms with Crippen LogP contribution in [0.15, 0.2) is 53.9 Å². The number of nitrogens with zero attached hydrogens (tertiary/aromatic N) is 3. The lowest BCUT2D eigenvalue weighted by molar-refractivity contribution is 0.0737. The van der Waals surface area contributed by atoms with Crippen molar-refractivity contribution in [3.05, 3.63) is 71.1 Å². The first kappa shape index (κ1) is 17.6. The first-order valence-electron chi connectivity index (χ1n) is 8.62. The summed E-state index contributed by atoms with van der Waals surface area (Å²) < 4.78 is 27.7. The fraction of sp³-hybridized carbons (Fsp3) is 0.200. The van der Waals surface area contributed by atoms with Crippen LogP contribution < -0.4 is 4.90 Å². The molecule has 1 amide bonds. The summed E-state index contributed by atoms with van der Waals surface area (Å²) in [5.41, 5.74) is 1.50. The molecular weight excluding hydrogens is 368 g/mol. The van der Waals surface area contributed by atoms with Crippen LogP contribution in [0.3, 0.4) is 0 Å². The number of carbonyl (C=O) groups excluding carboxylic acids is 1. The van der Waals surface area contributed by atoms with E-state index in [0.29, 0.717) is 26.2 Å². The summed E-state index contributed by atoms with van der Waals surface area (Å²) in [5, 5.41) is 2.90. The number of halogens is 2. The third-order valence-electron chi connectivity index (χ3n) is 4.58. The summed E-state index contributed by atoms with van der Waals surface area (Å²) in [6.45, 7) is 1.94. The molecule has 0 N–H and O–H groups in total. The SMILES string of the molecule is O=C(c1c(F)cccc1F)N1CCN(c2nc(-c3ccccc3)cs2)CC1. The average Bonchev–Trinajstić information content (AvgIpc) is 3.19. The number of aromatic nitrogens is 1. The fourth-order valence-electron chi connectivity index (χ4n) is 3.11. The second-order valence-corrected chi connectivity index (χ2v) is 7.09. The van der Waals surface area contributed by atoms with Gasteiger partial charge in [0.25, 0.3) is 5.91 Å². The lowest BCUT2D eigenvalue weighted by Crippen LogP contribution is -2.49. The second-order valence-electron chi connectivity index (χ2n) is 6.26. The van der Waals surface area contributed by atoms with Gasteiger partial charge in [0.05, 0.1) is 5.69 Å². The van der Waals surface area contributed by atoms with Crippen LogP contribution in [0.4, 0.5) is 13.9 Å². The molecule has 0 bridgehead atoms. The van der Waals surface area contributed by atoms with Crippen molar-refractivity contribution < 1.29 is 13.6 Å². The van der Waals surface area contributed by atoms with E-state index in [2.05, 4.69) is 9.88 Å². The molecule has 4 nitrogen and oxygen atoms in total. The fourth-order valence-corrected chi connectivity index (χ4v) is 4.00. The van der Waals surface area contributed by atoms with Crippen LogP contribution in [0.5, 0.6) is 0 Å². The molecule has 1 aliphatic rings. The average molecular weight is 385 g/mol. The van der Waals surface area contributed by atoms with Gasteiger partial charge in [0.15, 0.2) is 5.13 Å². The Bertz CT molecular complexity index is 933. The van der Waals surface area contributed by atoms with Crippen molar-refractivity contribution in [2.75, 3.05) is 31.1 Å². The van der Waals surface area contributed by atoms with E-state index in [4.69, 9.17) is 0 Å². The Balaban J connectivity index is 1.44. The van der Waals surface area contributed by atoms with Gasteiger partial charge in [-0.15, -0.1) is 11.3 Å². The van der Waals surface area contributed by atoms with Gasteiger partial charge in [-0.3, -0.25) is 4.79 Å². The summed E-state index contributed by atoms with van der Waals surface area (Å²) in [6, 6.07) is 13.4. The van der Waals surface area contributed by atoms with Gasteiger partial charge in [0.1, 0.15) is 17.2 Å². The van der Waals surface area contributed by atoms with Crippen molar-refractivity contribution in [3.63, 3.8) is 0 Å². The summed E-state index contributed by atoms with van der Waals surface area (Å²) in [7, 11) is 0. The molecule has 4 rings (SSSR count). The van der Waals surface area contributed by atoms with E-state index < -0.39 is 23.1 Å². The van der Waals surface area contributed by atoms with Gasteiger partial charge in [0, 0.05) is 37.1 Å². The largest absolute Gasteiger partial charge is 0.345 e. The molecule has 27 heavy (non-hydrogen) atoms. The van der Waals surface area contributed by atoms with Crippen LogP contribution in [0.25, 0.3) is 11.3 Å². The van der Waals surface area contributed by atoms with E-state index in [1.54, 1.807) is 11.3 Å². The Morgan fingerprint density at radius 1 is 0.926 bits per heavy atom. The maximum Gasteiger partial charge on any atom is 0.259 e. The van der Waals surface area contributed by atoms with Crippen LogP contribution >= 0.6 is 11.3 Å². The topological polar surface area (TPSA) is 36.4 Å². The van der Waals surface area contributed by atoms with Crippen LogP contribution in [-0.2, 0) is 0 Å². The number of rotatable bonds is 3. The number of hydrogen-bond acceptors (Lipinski definition) is 4. The highest BCUT2D eigenvalue weighted by Gasteiger charge is 2.27. The molecule has 7 heteroatoms. The van der Waals surface area contributed by atoms with Gasteiger partial charge < -0.3 is 9.80 Å². The molecule has 1 aromatic heterocycles. The third kappa shape index (κ3) is 3.55. The summed E-state index contributed by atoms with van der Waals surface area (Å²) in [5.74, 6) is -2.25. The molecule has 2 heterocycles. The molecule has 0 atom stereocenters. The van der Waals surface area contributed by atoms with Gasteiger partial charge in [0.2, 0.25) is 0 Å². The summed E-state index contributed by atoms with van der Waals surface area (Å²) in [4.78, 5) is 20.8. The van der Waals surface area contributed by atoms with Crippen LogP contribution in [0.1, 0.15) is 10.4 Å². The Kier molecular flexibility index (Phi) is 4.85. The molecule has 2 aromatic carbocycles. The van der Waals surface area contributed by atoms with Crippen LogP contribution in [0.2, 0.25) is 0 Å². The maximum atomic E-state index is 13.9. The molecule has 0 radical (unpaired) electrons. The predicted molar refractivity (Wildman–Crippen MR) is 102 cm³/mol. The third-order valence-corrected chi connectivity index (χ3v) is 5.48. The summed E-state index contributed by atoms with van der Waals surface area (Å²) in [6.07, 6.45) is 0. The molecule has 1 aliphatic heterocycles.